The standard InChI is InChI=1S/C9H21NO4S/c1-4-10(5-6-11)15(12,13)8-7-14-9(2)3/h9,11H,4-8H2,1-3H3. The van der Waals surface area contributed by atoms with E-state index < -0.39 is 10.0 Å². The van der Waals surface area contributed by atoms with Crippen LogP contribution in [0.15, 0.2) is 0 Å². The van der Waals surface area contributed by atoms with Crippen LogP contribution >= 0.6 is 0 Å². The first-order valence-corrected chi connectivity index (χ1v) is 6.75. The maximum Gasteiger partial charge on any atom is 0.216 e. The number of likely N-dealkylation sites (N-methyl/N-ethyl adjacent to an activating group) is 1. The molecule has 0 rings (SSSR count). The van der Waals surface area contributed by atoms with Gasteiger partial charge in [-0.15, -0.1) is 0 Å². The summed E-state index contributed by atoms with van der Waals surface area (Å²) in [5.41, 5.74) is 0. The molecule has 92 valence electrons. The van der Waals surface area contributed by atoms with E-state index in [4.69, 9.17) is 9.84 Å². The van der Waals surface area contributed by atoms with Gasteiger partial charge in [-0.05, 0) is 13.8 Å². The van der Waals surface area contributed by atoms with E-state index in [-0.39, 0.29) is 31.6 Å². The van der Waals surface area contributed by atoms with E-state index in [9.17, 15) is 8.42 Å². The van der Waals surface area contributed by atoms with Gasteiger partial charge in [-0.3, -0.25) is 0 Å². The lowest BCUT2D eigenvalue weighted by atomic mass is 10.5. The second-order valence-corrected chi connectivity index (χ2v) is 5.54. The highest BCUT2D eigenvalue weighted by Gasteiger charge is 2.19. The van der Waals surface area contributed by atoms with E-state index in [2.05, 4.69) is 0 Å². The van der Waals surface area contributed by atoms with Gasteiger partial charge in [0.2, 0.25) is 10.0 Å². The Balaban J connectivity index is 4.14. The summed E-state index contributed by atoms with van der Waals surface area (Å²) in [6.07, 6.45) is 0.0353. The van der Waals surface area contributed by atoms with Gasteiger partial charge in [0.05, 0.1) is 25.1 Å². The smallest absolute Gasteiger partial charge is 0.216 e. The second-order valence-electron chi connectivity index (χ2n) is 3.45. The van der Waals surface area contributed by atoms with Gasteiger partial charge < -0.3 is 9.84 Å². The van der Waals surface area contributed by atoms with Gasteiger partial charge in [-0.25, -0.2) is 8.42 Å². The third-order valence-electron chi connectivity index (χ3n) is 1.89. The fourth-order valence-electron chi connectivity index (χ4n) is 1.12. The molecule has 1 N–H and O–H groups in total. The lowest BCUT2D eigenvalue weighted by Gasteiger charge is -2.19. The Kier molecular flexibility index (Phi) is 7.08. The zero-order valence-corrected chi connectivity index (χ0v) is 10.5. The van der Waals surface area contributed by atoms with Gasteiger partial charge in [-0.2, -0.15) is 4.31 Å². The van der Waals surface area contributed by atoms with Crippen LogP contribution in [0.3, 0.4) is 0 Å². The Morgan fingerprint density at radius 1 is 1.40 bits per heavy atom. The van der Waals surface area contributed by atoms with Gasteiger partial charge >= 0.3 is 0 Å². The minimum absolute atomic E-state index is 0.0288. The first-order valence-electron chi connectivity index (χ1n) is 5.14. The molecule has 0 bridgehead atoms. The number of hydrogen-bond acceptors (Lipinski definition) is 4. The minimum Gasteiger partial charge on any atom is -0.395 e. The third-order valence-corrected chi connectivity index (χ3v) is 3.80. The van der Waals surface area contributed by atoms with E-state index in [1.54, 1.807) is 6.92 Å². The van der Waals surface area contributed by atoms with Gasteiger partial charge in [0.1, 0.15) is 0 Å². The van der Waals surface area contributed by atoms with Crippen molar-refractivity contribution in [2.45, 2.75) is 26.9 Å². The van der Waals surface area contributed by atoms with Gasteiger partial charge in [0, 0.05) is 13.1 Å². The molecule has 0 atom stereocenters. The molecule has 0 heterocycles. The average Bonchev–Trinajstić information content (AvgIpc) is 2.12. The summed E-state index contributed by atoms with van der Waals surface area (Å²) in [4.78, 5) is 0. The minimum atomic E-state index is -3.28. The van der Waals surface area contributed by atoms with Gasteiger partial charge in [0.25, 0.3) is 0 Å². The van der Waals surface area contributed by atoms with Gasteiger partial charge in [0.15, 0.2) is 0 Å². The van der Waals surface area contributed by atoms with Crippen LogP contribution in [0, 0.1) is 0 Å². The van der Waals surface area contributed by atoms with Crippen LogP contribution in [0.5, 0.6) is 0 Å². The van der Waals surface area contributed by atoms with Crippen molar-refractivity contribution in [3.05, 3.63) is 0 Å². The summed E-state index contributed by atoms with van der Waals surface area (Å²) < 4.78 is 29.8. The summed E-state index contributed by atoms with van der Waals surface area (Å²) in [5.74, 6) is -0.0288. The predicted octanol–water partition coefficient (Wildman–Crippen LogP) is 0.0554. The number of sulfonamides is 1. The Morgan fingerprint density at radius 2 is 2.00 bits per heavy atom. The van der Waals surface area contributed by atoms with Crippen molar-refractivity contribution in [1.29, 1.82) is 0 Å². The van der Waals surface area contributed by atoms with Crippen LogP contribution in [0.25, 0.3) is 0 Å². The molecule has 5 nitrogen and oxygen atoms in total. The molecule has 6 heteroatoms. The van der Waals surface area contributed by atoms with Crippen molar-refractivity contribution in [3.63, 3.8) is 0 Å². The number of hydrogen-bond donors (Lipinski definition) is 1. The Bertz CT molecular complexity index is 251. The van der Waals surface area contributed by atoms with Gasteiger partial charge in [-0.1, -0.05) is 6.92 Å². The highest BCUT2D eigenvalue weighted by molar-refractivity contribution is 7.89. The molecule has 0 aromatic heterocycles. The zero-order valence-electron chi connectivity index (χ0n) is 9.64. The molecule has 0 aliphatic rings. The normalized spacial score (nSPS) is 12.7. The third kappa shape index (κ3) is 6.09. The molecule has 0 aromatic rings. The van der Waals surface area contributed by atoms with Crippen LogP contribution in [-0.2, 0) is 14.8 Å². The lowest BCUT2D eigenvalue weighted by Crippen LogP contribution is -2.36. The molecule has 0 amide bonds. The molecule has 0 saturated carbocycles. The largest absolute Gasteiger partial charge is 0.395 e. The van der Waals surface area contributed by atoms with Crippen LogP contribution in [-0.4, -0.2) is 56.0 Å². The van der Waals surface area contributed by atoms with Crippen molar-refractivity contribution in [2.75, 3.05) is 32.1 Å². The fraction of sp³-hybridized carbons (Fsp3) is 1.00. The average molecular weight is 239 g/mol. The van der Waals surface area contributed by atoms with Crippen LogP contribution in [0.4, 0.5) is 0 Å². The Labute approximate surface area is 92.1 Å². The van der Waals surface area contributed by atoms with Crippen molar-refractivity contribution >= 4 is 10.0 Å². The number of rotatable bonds is 8. The predicted molar refractivity (Wildman–Crippen MR) is 59.2 cm³/mol. The van der Waals surface area contributed by atoms with E-state index >= 15 is 0 Å². The molecule has 15 heavy (non-hydrogen) atoms. The number of aliphatic hydroxyl groups excluding tert-OH is 1. The quantitative estimate of drug-likeness (QED) is 0.650. The maximum absolute atomic E-state index is 11.7. The van der Waals surface area contributed by atoms with Crippen molar-refractivity contribution in [3.8, 4) is 0 Å². The molecule has 0 aliphatic carbocycles. The summed E-state index contributed by atoms with van der Waals surface area (Å²) in [6, 6.07) is 0. The first-order chi connectivity index (χ1) is 6.94. The lowest BCUT2D eigenvalue weighted by molar-refractivity contribution is 0.0906. The molecular formula is C9H21NO4S. The second kappa shape index (κ2) is 7.16. The summed E-state index contributed by atoms with van der Waals surface area (Å²) in [7, 11) is -3.28. The highest BCUT2D eigenvalue weighted by atomic mass is 32.2. The molecule has 0 fully saturated rings. The molecular weight excluding hydrogens is 218 g/mol. The van der Waals surface area contributed by atoms with Crippen LogP contribution in [0.2, 0.25) is 0 Å². The van der Waals surface area contributed by atoms with Crippen LogP contribution < -0.4 is 0 Å². The number of ether oxygens (including phenoxy) is 1. The molecule has 0 aromatic carbocycles. The Hall–Kier alpha value is -0.170. The molecule has 0 aliphatic heterocycles. The van der Waals surface area contributed by atoms with E-state index in [1.165, 1.54) is 4.31 Å². The number of aliphatic hydroxyl groups is 1. The molecule has 0 spiro atoms. The van der Waals surface area contributed by atoms with E-state index in [0.717, 1.165) is 0 Å². The highest BCUT2D eigenvalue weighted by Crippen LogP contribution is 2.01. The summed E-state index contributed by atoms with van der Waals surface area (Å²) in [6.45, 7) is 6.04. The molecule has 0 unspecified atom stereocenters. The number of nitrogens with zero attached hydrogens (tertiary/aromatic N) is 1. The summed E-state index contributed by atoms with van der Waals surface area (Å²) >= 11 is 0. The first kappa shape index (κ1) is 14.8. The summed E-state index contributed by atoms with van der Waals surface area (Å²) in [5, 5.41) is 8.71. The topological polar surface area (TPSA) is 66.8 Å². The van der Waals surface area contributed by atoms with Crippen molar-refractivity contribution in [2.24, 2.45) is 0 Å². The maximum atomic E-state index is 11.7. The van der Waals surface area contributed by atoms with Crippen LogP contribution in [0.1, 0.15) is 20.8 Å². The van der Waals surface area contributed by atoms with E-state index in [0.29, 0.717) is 6.54 Å². The van der Waals surface area contributed by atoms with Crippen molar-refractivity contribution in [1.82, 2.24) is 4.31 Å². The Morgan fingerprint density at radius 3 is 2.40 bits per heavy atom. The molecule has 0 saturated heterocycles. The zero-order chi connectivity index (χ0) is 11.9. The molecule has 0 radical (unpaired) electrons. The SMILES string of the molecule is CCN(CCO)S(=O)(=O)CCOC(C)C. The fourth-order valence-corrected chi connectivity index (χ4v) is 2.44. The monoisotopic (exact) mass is 239 g/mol. The van der Waals surface area contributed by atoms with E-state index in [1.807, 2.05) is 13.8 Å². The van der Waals surface area contributed by atoms with Crippen molar-refractivity contribution < 1.29 is 18.3 Å².